The summed E-state index contributed by atoms with van der Waals surface area (Å²) in [6.45, 7) is 1.87. The number of carbonyl (C=O) groups excluding carboxylic acids is 1. The number of nitro groups is 1. The quantitative estimate of drug-likeness (QED) is 0.521. The summed E-state index contributed by atoms with van der Waals surface area (Å²) in [7, 11) is 0. The Morgan fingerprint density at radius 1 is 1.23 bits per heavy atom. The molecule has 0 bridgehead atoms. The van der Waals surface area contributed by atoms with E-state index in [-0.39, 0.29) is 11.6 Å². The highest BCUT2D eigenvalue weighted by atomic mass is 35.5. The molecule has 0 fully saturated rings. The van der Waals surface area contributed by atoms with Crippen molar-refractivity contribution in [2.75, 3.05) is 5.32 Å². The van der Waals surface area contributed by atoms with Gasteiger partial charge in [-0.3, -0.25) is 14.9 Å². The smallest absolute Gasteiger partial charge is 0.269 e. The highest BCUT2D eigenvalue weighted by Gasteiger charge is 2.04. The summed E-state index contributed by atoms with van der Waals surface area (Å²) < 4.78 is 0. The van der Waals surface area contributed by atoms with Crippen LogP contribution >= 0.6 is 11.6 Å². The van der Waals surface area contributed by atoms with E-state index in [0.29, 0.717) is 16.3 Å². The Morgan fingerprint density at radius 2 is 1.91 bits per heavy atom. The number of nitrogens with zero attached hydrogens (tertiary/aromatic N) is 1. The molecule has 1 amide bonds. The molecule has 0 saturated carbocycles. The van der Waals surface area contributed by atoms with Crippen LogP contribution in [0.5, 0.6) is 0 Å². The molecule has 2 rings (SSSR count). The van der Waals surface area contributed by atoms with Crippen molar-refractivity contribution in [2.24, 2.45) is 0 Å². The number of amides is 1. The number of hydrogen-bond donors (Lipinski definition) is 1. The van der Waals surface area contributed by atoms with Crippen LogP contribution in [0, 0.1) is 17.0 Å². The molecule has 0 atom stereocenters. The van der Waals surface area contributed by atoms with Crippen molar-refractivity contribution in [1.29, 1.82) is 0 Å². The van der Waals surface area contributed by atoms with Crippen molar-refractivity contribution in [3.05, 3.63) is 74.8 Å². The summed E-state index contributed by atoms with van der Waals surface area (Å²) in [6.07, 6.45) is 2.94. The Labute approximate surface area is 132 Å². The first-order valence-corrected chi connectivity index (χ1v) is 6.83. The molecule has 22 heavy (non-hydrogen) atoms. The maximum Gasteiger partial charge on any atom is 0.269 e. The van der Waals surface area contributed by atoms with Gasteiger partial charge in [0.1, 0.15) is 0 Å². The lowest BCUT2D eigenvalue weighted by atomic mass is 10.2. The summed E-state index contributed by atoms with van der Waals surface area (Å²) in [6, 6.07) is 11.2. The lowest BCUT2D eigenvalue weighted by Crippen LogP contribution is -2.08. The Kier molecular flexibility index (Phi) is 4.91. The molecule has 5 nitrogen and oxygen atoms in total. The standard InChI is InChI=1S/C16H13ClN2O3/c1-11-2-6-13(17)10-15(11)18-16(20)9-5-12-3-7-14(8-4-12)19(21)22/h2-10H,1H3,(H,18,20). The van der Waals surface area contributed by atoms with Gasteiger partial charge in [0.15, 0.2) is 0 Å². The number of non-ortho nitro benzene ring substituents is 1. The number of anilines is 1. The molecule has 0 spiro atoms. The minimum Gasteiger partial charge on any atom is -0.322 e. The molecule has 1 N–H and O–H groups in total. The van der Waals surface area contributed by atoms with E-state index in [1.54, 1.807) is 30.3 Å². The van der Waals surface area contributed by atoms with Crippen LogP contribution in [0.3, 0.4) is 0 Å². The molecule has 0 unspecified atom stereocenters. The number of nitro benzene ring substituents is 1. The highest BCUT2D eigenvalue weighted by Crippen LogP contribution is 2.20. The zero-order valence-corrected chi connectivity index (χ0v) is 12.5. The van der Waals surface area contributed by atoms with Crippen LogP contribution in [-0.2, 0) is 4.79 Å². The fourth-order valence-electron chi connectivity index (χ4n) is 1.78. The Morgan fingerprint density at radius 3 is 2.55 bits per heavy atom. The SMILES string of the molecule is Cc1ccc(Cl)cc1NC(=O)C=Cc1ccc([N+](=O)[O-])cc1. The molecule has 6 heteroatoms. The molecule has 0 radical (unpaired) electrons. The van der Waals surface area contributed by atoms with Crippen LogP contribution in [0.1, 0.15) is 11.1 Å². The van der Waals surface area contributed by atoms with E-state index in [1.807, 2.05) is 13.0 Å². The molecule has 0 aliphatic heterocycles. The van der Waals surface area contributed by atoms with Crippen molar-refractivity contribution in [1.82, 2.24) is 0 Å². The van der Waals surface area contributed by atoms with E-state index in [0.717, 1.165) is 5.56 Å². The second kappa shape index (κ2) is 6.87. The van der Waals surface area contributed by atoms with Gasteiger partial charge in [-0.15, -0.1) is 0 Å². The predicted molar refractivity (Wildman–Crippen MR) is 86.9 cm³/mol. The van der Waals surface area contributed by atoms with E-state index in [9.17, 15) is 14.9 Å². The van der Waals surface area contributed by atoms with Crippen LogP contribution in [-0.4, -0.2) is 10.8 Å². The summed E-state index contributed by atoms with van der Waals surface area (Å²) in [5.41, 5.74) is 2.26. The number of nitrogens with one attached hydrogen (secondary N) is 1. The van der Waals surface area contributed by atoms with Crippen molar-refractivity contribution >= 4 is 35.0 Å². The van der Waals surface area contributed by atoms with Crippen molar-refractivity contribution < 1.29 is 9.72 Å². The monoisotopic (exact) mass is 316 g/mol. The molecule has 0 aromatic heterocycles. The van der Waals surface area contributed by atoms with E-state index in [4.69, 9.17) is 11.6 Å². The van der Waals surface area contributed by atoms with Crippen molar-refractivity contribution in [2.45, 2.75) is 6.92 Å². The Bertz CT molecular complexity index is 740. The second-order valence-electron chi connectivity index (χ2n) is 4.63. The van der Waals surface area contributed by atoms with Gasteiger partial charge in [0.2, 0.25) is 5.91 Å². The van der Waals surface area contributed by atoms with E-state index >= 15 is 0 Å². The summed E-state index contributed by atoms with van der Waals surface area (Å²) in [5, 5.41) is 13.8. The van der Waals surface area contributed by atoms with Crippen LogP contribution in [0.4, 0.5) is 11.4 Å². The van der Waals surface area contributed by atoms with Gasteiger partial charge in [-0.25, -0.2) is 0 Å². The predicted octanol–water partition coefficient (Wildman–Crippen LogP) is 4.21. The first kappa shape index (κ1) is 15.7. The molecular formula is C16H13ClN2O3. The van der Waals surface area contributed by atoms with Crippen molar-refractivity contribution in [3.63, 3.8) is 0 Å². The van der Waals surface area contributed by atoms with Crippen LogP contribution < -0.4 is 5.32 Å². The van der Waals surface area contributed by atoms with Gasteiger partial charge in [0.05, 0.1) is 4.92 Å². The van der Waals surface area contributed by atoms with Gasteiger partial charge in [0.25, 0.3) is 5.69 Å². The maximum absolute atomic E-state index is 11.9. The first-order chi connectivity index (χ1) is 10.5. The topological polar surface area (TPSA) is 72.2 Å². The fraction of sp³-hybridized carbons (Fsp3) is 0.0625. The van der Waals surface area contributed by atoms with Gasteiger partial charge in [0, 0.05) is 28.9 Å². The van der Waals surface area contributed by atoms with E-state index in [2.05, 4.69) is 5.32 Å². The number of rotatable bonds is 4. The molecule has 0 saturated heterocycles. The molecule has 0 aliphatic rings. The normalized spacial score (nSPS) is 10.6. The molecule has 112 valence electrons. The highest BCUT2D eigenvalue weighted by molar-refractivity contribution is 6.31. The first-order valence-electron chi connectivity index (χ1n) is 6.45. The summed E-state index contributed by atoms with van der Waals surface area (Å²) in [5.74, 6) is -0.302. The summed E-state index contributed by atoms with van der Waals surface area (Å²) >= 11 is 5.89. The number of hydrogen-bond acceptors (Lipinski definition) is 3. The second-order valence-corrected chi connectivity index (χ2v) is 5.07. The van der Waals surface area contributed by atoms with Gasteiger partial charge >= 0.3 is 0 Å². The van der Waals surface area contributed by atoms with Gasteiger partial charge in [-0.2, -0.15) is 0 Å². The molecular weight excluding hydrogens is 304 g/mol. The van der Waals surface area contributed by atoms with E-state index in [1.165, 1.54) is 18.2 Å². The van der Waals surface area contributed by atoms with Crippen LogP contribution in [0.2, 0.25) is 5.02 Å². The van der Waals surface area contributed by atoms with Gasteiger partial charge in [-0.05, 0) is 48.4 Å². The van der Waals surface area contributed by atoms with Crippen LogP contribution in [0.25, 0.3) is 6.08 Å². The fourth-order valence-corrected chi connectivity index (χ4v) is 1.95. The van der Waals surface area contributed by atoms with Gasteiger partial charge < -0.3 is 5.32 Å². The largest absolute Gasteiger partial charge is 0.322 e. The zero-order valence-electron chi connectivity index (χ0n) is 11.7. The summed E-state index contributed by atoms with van der Waals surface area (Å²) in [4.78, 5) is 22.0. The lowest BCUT2D eigenvalue weighted by Gasteiger charge is -2.06. The number of aryl methyl sites for hydroxylation is 1. The average Bonchev–Trinajstić information content (AvgIpc) is 2.49. The lowest BCUT2D eigenvalue weighted by molar-refractivity contribution is -0.384. The molecule has 2 aromatic carbocycles. The maximum atomic E-state index is 11.9. The zero-order chi connectivity index (χ0) is 16.1. The third kappa shape index (κ3) is 4.17. The Balaban J connectivity index is 2.05. The van der Waals surface area contributed by atoms with Crippen LogP contribution in [0.15, 0.2) is 48.5 Å². The molecule has 0 aliphatic carbocycles. The Hall–Kier alpha value is -2.66. The number of halogens is 1. The average molecular weight is 317 g/mol. The number of benzene rings is 2. The van der Waals surface area contributed by atoms with E-state index < -0.39 is 4.92 Å². The third-order valence-electron chi connectivity index (χ3n) is 2.99. The third-order valence-corrected chi connectivity index (χ3v) is 3.22. The van der Waals surface area contributed by atoms with Crippen molar-refractivity contribution in [3.8, 4) is 0 Å². The molecule has 2 aromatic rings. The minimum absolute atomic E-state index is 0.0103. The molecule has 0 heterocycles. The minimum atomic E-state index is -0.470. The number of carbonyl (C=O) groups is 1. The van der Waals surface area contributed by atoms with Gasteiger partial charge in [-0.1, -0.05) is 17.7 Å².